The zero-order valence-electron chi connectivity index (χ0n) is 11.2. The van der Waals surface area contributed by atoms with E-state index in [0.29, 0.717) is 5.92 Å². The van der Waals surface area contributed by atoms with Crippen molar-refractivity contribution in [2.75, 3.05) is 0 Å². The van der Waals surface area contributed by atoms with Crippen molar-refractivity contribution in [1.29, 1.82) is 0 Å². The molecular formula is C15H28O. The summed E-state index contributed by atoms with van der Waals surface area (Å²) in [4.78, 5) is 0. The van der Waals surface area contributed by atoms with Crippen molar-refractivity contribution in [3.8, 4) is 0 Å². The molecule has 2 fully saturated rings. The van der Waals surface area contributed by atoms with E-state index in [0.717, 1.165) is 30.6 Å². The first kappa shape index (κ1) is 12.4. The molecule has 0 spiro atoms. The van der Waals surface area contributed by atoms with Crippen molar-refractivity contribution in [2.45, 2.75) is 71.3 Å². The molecule has 0 aromatic heterocycles. The zero-order chi connectivity index (χ0) is 11.8. The Bertz CT molecular complexity index is 238. The van der Waals surface area contributed by atoms with Crippen molar-refractivity contribution in [2.24, 2.45) is 23.7 Å². The fraction of sp³-hybridized carbons (Fsp3) is 1.00. The van der Waals surface area contributed by atoms with Crippen LogP contribution in [-0.2, 0) is 0 Å². The predicted octanol–water partition coefficient (Wildman–Crippen LogP) is 4.00. The normalized spacial score (nSPS) is 49.5. The molecule has 2 aliphatic carbocycles. The van der Waals surface area contributed by atoms with Crippen molar-refractivity contribution < 1.29 is 5.11 Å². The maximum Gasteiger partial charge on any atom is 0.0678 e. The SMILES string of the molecule is CCC1CCC(O)(C2CCC(C)C(C)C2)C1. The van der Waals surface area contributed by atoms with Crippen molar-refractivity contribution in [3.05, 3.63) is 0 Å². The Balaban J connectivity index is 1.97. The molecule has 16 heavy (non-hydrogen) atoms. The molecule has 0 aliphatic heterocycles. The topological polar surface area (TPSA) is 20.2 Å². The van der Waals surface area contributed by atoms with Crippen LogP contribution in [0.25, 0.3) is 0 Å². The van der Waals surface area contributed by atoms with Gasteiger partial charge in [-0.25, -0.2) is 0 Å². The van der Waals surface area contributed by atoms with Gasteiger partial charge in [-0.05, 0) is 55.8 Å². The number of hydrogen-bond acceptors (Lipinski definition) is 1. The molecule has 1 N–H and O–H groups in total. The van der Waals surface area contributed by atoms with Gasteiger partial charge >= 0.3 is 0 Å². The summed E-state index contributed by atoms with van der Waals surface area (Å²) in [7, 11) is 0. The highest BCUT2D eigenvalue weighted by atomic mass is 16.3. The lowest BCUT2D eigenvalue weighted by Gasteiger charge is -2.40. The molecule has 0 radical (unpaired) electrons. The summed E-state index contributed by atoms with van der Waals surface area (Å²) in [5.41, 5.74) is -0.297. The molecule has 5 atom stereocenters. The van der Waals surface area contributed by atoms with Crippen molar-refractivity contribution in [1.82, 2.24) is 0 Å². The van der Waals surface area contributed by atoms with Crippen LogP contribution in [0.3, 0.4) is 0 Å². The number of hydrogen-bond donors (Lipinski definition) is 1. The van der Waals surface area contributed by atoms with Crippen molar-refractivity contribution in [3.63, 3.8) is 0 Å². The van der Waals surface area contributed by atoms with E-state index in [4.69, 9.17) is 0 Å². The molecular weight excluding hydrogens is 196 g/mol. The minimum atomic E-state index is -0.297. The standard InChI is InChI=1S/C15H28O/c1-4-13-7-8-15(16,10-13)14-6-5-11(2)12(3)9-14/h11-14,16H,4-10H2,1-3H3. The molecule has 2 saturated carbocycles. The van der Waals surface area contributed by atoms with Gasteiger partial charge in [-0.3, -0.25) is 0 Å². The maximum absolute atomic E-state index is 10.8. The molecule has 2 aliphatic rings. The Morgan fingerprint density at radius 2 is 1.88 bits per heavy atom. The molecule has 0 heterocycles. The smallest absolute Gasteiger partial charge is 0.0678 e. The van der Waals surface area contributed by atoms with Crippen LogP contribution >= 0.6 is 0 Å². The molecule has 5 unspecified atom stereocenters. The lowest BCUT2D eigenvalue weighted by molar-refractivity contribution is -0.0443. The summed E-state index contributed by atoms with van der Waals surface area (Å²) in [6.45, 7) is 7.00. The molecule has 0 amide bonds. The predicted molar refractivity (Wildman–Crippen MR) is 68.3 cm³/mol. The highest BCUT2D eigenvalue weighted by molar-refractivity contribution is 4.96. The Morgan fingerprint density at radius 3 is 2.44 bits per heavy atom. The van der Waals surface area contributed by atoms with Gasteiger partial charge in [0.25, 0.3) is 0 Å². The van der Waals surface area contributed by atoms with E-state index in [9.17, 15) is 5.11 Å². The average molecular weight is 224 g/mol. The molecule has 2 rings (SSSR count). The summed E-state index contributed by atoms with van der Waals surface area (Å²) in [5, 5.41) is 10.8. The average Bonchev–Trinajstić information content (AvgIpc) is 2.66. The Morgan fingerprint density at radius 1 is 1.12 bits per heavy atom. The number of rotatable bonds is 2. The van der Waals surface area contributed by atoms with E-state index in [1.54, 1.807) is 0 Å². The quantitative estimate of drug-likeness (QED) is 0.751. The monoisotopic (exact) mass is 224 g/mol. The second kappa shape index (κ2) is 4.68. The van der Waals surface area contributed by atoms with Crippen LogP contribution in [0.4, 0.5) is 0 Å². The van der Waals surface area contributed by atoms with Gasteiger partial charge in [0, 0.05) is 0 Å². The van der Waals surface area contributed by atoms with E-state index in [-0.39, 0.29) is 5.60 Å². The van der Waals surface area contributed by atoms with Gasteiger partial charge in [0.1, 0.15) is 0 Å². The Hall–Kier alpha value is -0.0400. The molecule has 0 saturated heterocycles. The Kier molecular flexibility index (Phi) is 3.63. The fourth-order valence-corrected chi connectivity index (χ4v) is 3.91. The molecule has 1 nitrogen and oxygen atoms in total. The minimum Gasteiger partial charge on any atom is -0.390 e. The molecule has 1 heteroatoms. The molecule has 0 aromatic carbocycles. The molecule has 0 bridgehead atoms. The lowest BCUT2D eigenvalue weighted by atomic mass is 9.68. The van der Waals surface area contributed by atoms with Gasteiger partial charge in [-0.1, -0.05) is 33.6 Å². The number of aliphatic hydroxyl groups is 1. The molecule has 94 valence electrons. The first-order chi connectivity index (χ1) is 7.55. The van der Waals surface area contributed by atoms with E-state index in [1.165, 1.54) is 32.1 Å². The van der Waals surface area contributed by atoms with Crippen molar-refractivity contribution >= 4 is 0 Å². The fourth-order valence-electron chi connectivity index (χ4n) is 3.91. The largest absolute Gasteiger partial charge is 0.390 e. The summed E-state index contributed by atoms with van der Waals surface area (Å²) in [6.07, 6.45) is 8.50. The van der Waals surface area contributed by atoms with E-state index < -0.39 is 0 Å². The third-order valence-electron chi connectivity index (χ3n) is 5.56. The van der Waals surface area contributed by atoms with E-state index in [1.807, 2.05) is 0 Å². The zero-order valence-corrected chi connectivity index (χ0v) is 11.2. The van der Waals surface area contributed by atoms with Gasteiger partial charge in [0.05, 0.1) is 5.60 Å². The second-order valence-electron chi connectivity index (χ2n) is 6.59. The van der Waals surface area contributed by atoms with Gasteiger partial charge in [-0.15, -0.1) is 0 Å². The summed E-state index contributed by atoms with van der Waals surface area (Å²) >= 11 is 0. The van der Waals surface area contributed by atoms with Crippen LogP contribution in [0.1, 0.15) is 65.7 Å². The molecule has 0 aromatic rings. The van der Waals surface area contributed by atoms with Gasteiger partial charge < -0.3 is 5.11 Å². The summed E-state index contributed by atoms with van der Waals surface area (Å²) < 4.78 is 0. The highest BCUT2D eigenvalue weighted by Gasteiger charge is 2.44. The first-order valence-electron chi connectivity index (χ1n) is 7.27. The van der Waals surface area contributed by atoms with Crippen LogP contribution in [0.15, 0.2) is 0 Å². The van der Waals surface area contributed by atoms with Crippen LogP contribution in [0.2, 0.25) is 0 Å². The van der Waals surface area contributed by atoms with Gasteiger partial charge in [-0.2, -0.15) is 0 Å². The van der Waals surface area contributed by atoms with Gasteiger partial charge in [0.2, 0.25) is 0 Å². The van der Waals surface area contributed by atoms with Crippen LogP contribution in [-0.4, -0.2) is 10.7 Å². The van der Waals surface area contributed by atoms with Crippen LogP contribution in [0.5, 0.6) is 0 Å². The lowest BCUT2D eigenvalue weighted by Crippen LogP contribution is -2.39. The van der Waals surface area contributed by atoms with E-state index in [2.05, 4.69) is 20.8 Å². The highest BCUT2D eigenvalue weighted by Crippen LogP contribution is 2.48. The summed E-state index contributed by atoms with van der Waals surface area (Å²) in [5.74, 6) is 3.06. The Labute approximate surface area is 101 Å². The second-order valence-corrected chi connectivity index (χ2v) is 6.59. The first-order valence-corrected chi connectivity index (χ1v) is 7.27. The minimum absolute atomic E-state index is 0.297. The third-order valence-corrected chi connectivity index (χ3v) is 5.56. The van der Waals surface area contributed by atoms with Crippen LogP contribution in [0, 0.1) is 23.7 Å². The summed E-state index contributed by atoms with van der Waals surface area (Å²) in [6, 6.07) is 0. The third kappa shape index (κ3) is 2.30. The van der Waals surface area contributed by atoms with Crippen LogP contribution < -0.4 is 0 Å². The van der Waals surface area contributed by atoms with E-state index >= 15 is 0 Å². The maximum atomic E-state index is 10.8. The van der Waals surface area contributed by atoms with Gasteiger partial charge in [0.15, 0.2) is 0 Å².